The lowest BCUT2D eigenvalue weighted by Gasteiger charge is -2.14. The van der Waals surface area contributed by atoms with Crippen LogP contribution in [-0.4, -0.2) is 26.6 Å². The zero-order chi connectivity index (χ0) is 22.9. The number of nitrogens with one attached hydrogen (secondary N) is 2. The lowest BCUT2D eigenvalue weighted by atomic mass is 10.1. The van der Waals surface area contributed by atoms with Crippen molar-refractivity contribution in [2.24, 2.45) is 0 Å². The summed E-state index contributed by atoms with van der Waals surface area (Å²) in [7, 11) is 0. The van der Waals surface area contributed by atoms with Crippen LogP contribution >= 0.6 is 0 Å². The molecule has 7 nitrogen and oxygen atoms in total. The van der Waals surface area contributed by atoms with Crippen LogP contribution in [0, 0.1) is 13.8 Å². The van der Waals surface area contributed by atoms with Crippen molar-refractivity contribution in [3.8, 4) is 16.9 Å². The van der Waals surface area contributed by atoms with Gasteiger partial charge >= 0.3 is 0 Å². The SMILES string of the molecule is Cc1nc2c(-c3ccccc3)c(C)[nH]n2c(=O)c1C(=O)Nc1cccc(OC2CCCC2)c1. The predicted octanol–water partition coefficient (Wildman–Crippen LogP) is 4.88. The maximum atomic E-state index is 13.3. The van der Waals surface area contributed by atoms with E-state index >= 15 is 0 Å². The zero-order valence-electron chi connectivity index (χ0n) is 18.7. The van der Waals surface area contributed by atoms with Crippen molar-refractivity contribution < 1.29 is 9.53 Å². The van der Waals surface area contributed by atoms with E-state index in [0.29, 0.717) is 22.8 Å². The average Bonchev–Trinajstić information content (AvgIpc) is 3.42. The van der Waals surface area contributed by atoms with Crippen molar-refractivity contribution in [1.29, 1.82) is 0 Å². The second kappa shape index (κ2) is 8.58. The van der Waals surface area contributed by atoms with Crippen molar-refractivity contribution in [3.05, 3.63) is 81.9 Å². The Hall–Kier alpha value is -3.87. The maximum absolute atomic E-state index is 13.3. The fourth-order valence-corrected chi connectivity index (χ4v) is 4.54. The fourth-order valence-electron chi connectivity index (χ4n) is 4.54. The van der Waals surface area contributed by atoms with Crippen LogP contribution in [0.3, 0.4) is 0 Å². The quantitative estimate of drug-likeness (QED) is 0.461. The van der Waals surface area contributed by atoms with Crippen LogP contribution < -0.4 is 15.6 Å². The van der Waals surface area contributed by atoms with Gasteiger partial charge in [0, 0.05) is 23.0 Å². The molecule has 1 fully saturated rings. The minimum absolute atomic E-state index is 0.00970. The summed E-state index contributed by atoms with van der Waals surface area (Å²) in [5, 5.41) is 5.91. The predicted molar refractivity (Wildman–Crippen MR) is 128 cm³/mol. The number of ether oxygens (including phenoxy) is 1. The van der Waals surface area contributed by atoms with Gasteiger partial charge in [-0.1, -0.05) is 36.4 Å². The first-order valence-corrected chi connectivity index (χ1v) is 11.3. The van der Waals surface area contributed by atoms with Crippen molar-refractivity contribution >= 4 is 17.2 Å². The zero-order valence-corrected chi connectivity index (χ0v) is 18.7. The van der Waals surface area contributed by atoms with Crippen LogP contribution in [0.1, 0.15) is 47.4 Å². The third kappa shape index (κ3) is 4.02. The van der Waals surface area contributed by atoms with Gasteiger partial charge in [0.25, 0.3) is 11.5 Å². The number of rotatable bonds is 5. The van der Waals surface area contributed by atoms with Crippen molar-refractivity contribution in [2.75, 3.05) is 5.32 Å². The Morgan fingerprint density at radius 2 is 1.85 bits per heavy atom. The van der Waals surface area contributed by atoms with Gasteiger partial charge < -0.3 is 10.1 Å². The Morgan fingerprint density at radius 3 is 2.61 bits per heavy atom. The molecule has 5 rings (SSSR count). The van der Waals surface area contributed by atoms with E-state index in [4.69, 9.17) is 4.74 Å². The number of carbonyl (C=O) groups is 1. The van der Waals surface area contributed by atoms with Gasteiger partial charge in [-0.25, -0.2) is 9.50 Å². The molecule has 2 aromatic carbocycles. The molecule has 0 aliphatic heterocycles. The van der Waals surface area contributed by atoms with Gasteiger partial charge in [0.2, 0.25) is 0 Å². The van der Waals surface area contributed by atoms with Gasteiger partial charge in [0.15, 0.2) is 5.65 Å². The highest BCUT2D eigenvalue weighted by atomic mass is 16.5. The highest BCUT2D eigenvalue weighted by Crippen LogP contribution is 2.28. The molecule has 7 heteroatoms. The second-order valence-corrected chi connectivity index (χ2v) is 8.52. The first-order chi connectivity index (χ1) is 16.0. The number of nitrogens with zero attached hydrogens (tertiary/aromatic N) is 2. The molecule has 1 aliphatic carbocycles. The van der Waals surface area contributed by atoms with E-state index in [1.165, 1.54) is 17.4 Å². The second-order valence-electron chi connectivity index (χ2n) is 8.52. The highest BCUT2D eigenvalue weighted by molar-refractivity contribution is 6.05. The topological polar surface area (TPSA) is 88.5 Å². The largest absolute Gasteiger partial charge is 0.490 e. The lowest BCUT2D eigenvalue weighted by Crippen LogP contribution is -2.29. The Morgan fingerprint density at radius 1 is 1.09 bits per heavy atom. The highest BCUT2D eigenvalue weighted by Gasteiger charge is 2.22. The Labute approximate surface area is 191 Å². The molecule has 0 atom stereocenters. The molecule has 1 saturated carbocycles. The van der Waals surface area contributed by atoms with Gasteiger partial charge in [-0.15, -0.1) is 0 Å². The summed E-state index contributed by atoms with van der Waals surface area (Å²) in [6.45, 7) is 3.58. The van der Waals surface area contributed by atoms with Crippen LogP contribution in [0.5, 0.6) is 5.75 Å². The number of anilines is 1. The summed E-state index contributed by atoms with van der Waals surface area (Å²) < 4.78 is 7.38. The van der Waals surface area contributed by atoms with Crippen LogP contribution in [0.4, 0.5) is 5.69 Å². The molecular weight excluding hydrogens is 416 g/mol. The Bertz CT molecular complexity index is 1380. The molecule has 1 aliphatic rings. The van der Waals surface area contributed by atoms with E-state index in [1.807, 2.05) is 49.4 Å². The van der Waals surface area contributed by atoms with Crippen molar-refractivity contribution in [2.45, 2.75) is 45.6 Å². The molecule has 1 amide bonds. The molecular formula is C26H26N4O3. The number of benzene rings is 2. The van der Waals surface area contributed by atoms with Crippen molar-refractivity contribution in [3.63, 3.8) is 0 Å². The normalized spacial score (nSPS) is 14.0. The monoisotopic (exact) mass is 442 g/mol. The Kier molecular flexibility index (Phi) is 5.46. The fraction of sp³-hybridized carbons (Fsp3) is 0.269. The maximum Gasteiger partial charge on any atom is 0.285 e. The smallest absolute Gasteiger partial charge is 0.285 e. The summed E-state index contributed by atoms with van der Waals surface area (Å²) in [5.74, 6) is 0.222. The van der Waals surface area contributed by atoms with Crippen LogP contribution in [0.2, 0.25) is 0 Å². The number of carbonyl (C=O) groups excluding carboxylic acids is 1. The molecule has 0 unspecified atom stereocenters. The number of aromatic amines is 1. The number of aromatic nitrogens is 3. The minimum atomic E-state index is -0.495. The number of H-pyrrole nitrogens is 1. The van der Waals surface area contributed by atoms with E-state index in [0.717, 1.165) is 29.7 Å². The van der Waals surface area contributed by atoms with Crippen LogP contribution in [0.25, 0.3) is 16.8 Å². The third-order valence-corrected chi connectivity index (χ3v) is 6.13. The summed E-state index contributed by atoms with van der Waals surface area (Å²) >= 11 is 0. The Balaban J connectivity index is 1.46. The summed E-state index contributed by atoms with van der Waals surface area (Å²) in [4.78, 5) is 31.0. The molecule has 33 heavy (non-hydrogen) atoms. The van der Waals surface area contributed by atoms with E-state index < -0.39 is 11.5 Å². The summed E-state index contributed by atoms with van der Waals surface area (Å²) in [6, 6.07) is 17.1. The van der Waals surface area contributed by atoms with Crippen LogP contribution in [0.15, 0.2) is 59.4 Å². The molecule has 2 aromatic heterocycles. The van der Waals surface area contributed by atoms with Gasteiger partial charge in [-0.05, 0) is 57.2 Å². The van der Waals surface area contributed by atoms with E-state index in [9.17, 15) is 9.59 Å². The molecule has 0 bridgehead atoms. The summed E-state index contributed by atoms with van der Waals surface area (Å²) in [5.41, 5.74) is 3.65. The lowest BCUT2D eigenvalue weighted by molar-refractivity contribution is 0.102. The first-order valence-electron chi connectivity index (χ1n) is 11.3. The average molecular weight is 443 g/mol. The van der Waals surface area contributed by atoms with Gasteiger partial charge in [0.1, 0.15) is 11.3 Å². The molecule has 4 aromatic rings. The minimum Gasteiger partial charge on any atom is -0.490 e. The number of hydrogen-bond acceptors (Lipinski definition) is 4. The number of hydrogen-bond donors (Lipinski definition) is 2. The molecule has 0 spiro atoms. The number of amides is 1. The number of aryl methyl sites for hydroxylation is 2. The van der Waals surface area contributed by atoms with E-state index in [-0.39, 0.29) is 11.7 Å². The van der Waals surface area contributed by atoms with Crippen molar-refractivity contribution in [1.82, 2.24) is 14.6 Å². The van der Waals surface area contributed by atoms with E-state index in [1.54, 1.807) is 19.1 Å². The van der Waals surface area contributed by atoms with Crippen LogP contribution in [-0.2, 0) is 0 Å². The van der Waals surface area contributed by atoms with Gasteiger partial charge in [-0.3, -0.25) is 14.7 Å². The van der Waals surface area contributed by atoms with E-state index in [2.05, 4.69) is 15.4 Å². The van der Waals surface area contributed by atoms with Gasteiger partial charge in [0.05, 0.1) is 11.8 Å². The number of fused-ring (bicyclic) bond motifs is 1. The molecule has 0 saturated heterocycles. The first kappa shape index (κ1) is 21.0. The molecule has 2 heterocycles. The molecule has 2 N–H and O–H groups in total. The summed E-state index contributed by atoms with van der Waals surface area (Å²) in [6.07, 6.45) is 4.70. The van der Waals surface area contributed by atoms with Gasteiger partial charge in [-0.2, -0.15) is 0 Å². The molecule has 0 radical (unpaired) electrons. The molecule has 168 valence electrons. The standard InChI is InChI=1S/C26H26N4O3/c1-16-23(25(31)28-19-11-8-14-21(15-19)33-20-12-6-7-13-20)26(32)30-24(27-16)22(17(2)29-30)18-9-4-3-5-10-18/h3-5,8-11,14-15,20,29H,6-7,12-13H2,1-2H3,(H,28,31). The third-order valence-electron chi connectivity index (χ3n) is 6.13.